The van der Waals surface area contributed by atoms with E-state index in [1.165, 1.54) is 23.1 Å². The van der Waals surface area contributed by atoms with E-state index in [0.29, 0.717) is 28.2 Å². The summed E-state index contributed by atoms with van der Waals surface area (Å²) in [6.45, 7) is 5.71. The number of hydrogen-bond acceptors (Lipinski definition) is 6. The van der Waals surface area contributed by atoms with E-state index in [0.717, 1.165) is 28.1 Å². The number of fused-ring (bicyclic) bond motifs is 1. The molecule has 0 saturated heterocycles. The first-order valence-corrected chi connectivity index (χ1v) is 12.0. The largest absolute Gasteiger partial charge is 0.349 e. The van der Waals surface area contributed by atoms with Crippen LogP contribution in [0.2, 0.25) is 0 Å². The second kappa shape index (κ2) is 8.84. The lowest BCUT2D eigenvalue weighted by Gasteiger charge is -2.12. The van der Waals surface area contributed by atoms with Crippen LogP contribution in [-0.2, 0) is 10.5 Å². The Morgan fingerprint density at radius 1 is 1.32 bits per heavy atom. The lowest BCUT2D eigenvalue weighted by Crippen LogP contribution is -2.26. The highest BCUT2D eigenvalue weighted by Crippen LogP contribution is 2.27. The number of rotatable bonds is 7. The van der Waals surface area contributed by atoms with Crippen molar-refractivity contribution in [2.24, 2.45) is 0 Å². The first kappa shape index (κ1) is 21.6. The molecular formula is C22H24N4O3S2. The van der Waals surface area contributed by atoms with Crippen LogP contribution in [0.25, 0.3) is 10.2 Å². The Hall–Kier alpha value is -2.65. The summed E-state index contributed by atoms with van der Waals surface area (Å²) >= 11 is 2.90. The van der Waals surface area contributed by atoms with Gasteiger partial charge in [0.15, 0.2) is 0 Å². The van der Waals surface area contributed by atoms with Crippen LogP contribution in [0.1, 0.15) is 46.4 Å². The molecular weight excluding hydrogens is 432 g/mol. The van der Waals surface area contributed by atoms with E-state index < -0.39 is 0 Å². The highest BCUT2D eigenvalue weighted by molar-refractivity contribution is 7.99. The normalized spacial score (nSPS) is 14.4. The summed E-state index contributed by atoms with van der Waals surface area (Å²) in [4.78, 5) is 46.4. The fraction of sp³-hybridized carbons (Fsp3) is 0.364. The number of hydrogen-bond donors (Lipinski definition) is 3. The Morgan fingerprint density at radius 2 is 2.10 bits per heavy atom. The first-order chi connectivity index (χ1) is 14.8. The number of carbonyl (C=O) groups excluding carboxylic acids is 2. The van der Waals surface area contributed by atoms with Crippen LogP contribution in [0.3, 0.4) is 0 Å². The predicted molar refractivity (Wildman–Crippen MR) is 126 cm³/mol. The van der Waals surface area contributed by atoms with Gasteiger partial charge in [-0.1, -0.05) is 6.07 Å². The fourth-order valence-electron chi connectivity index (χ4n) is 3.13. The molecule has 2 amide bonds. The molecule has 1 aliphatic carbocycles. The van der Waals surface area contributed by atoms with Gasteiger partial charge in [0.25, 0.3) is 11.5 Å². The minimum atomic E-state index is -0.364. The highest BCUT2D eigenvalue weighted by Gasteiger charge is 2.24. The maximum absolute atomic E-state index is 12.6. The van der Waals surface area contributed by atoms with Crippen molar-refractivity contribution in [3.05, 3.63) is 56.4 Å². The Balaban J connectivity index is 1.37. The number of nitrogens with zero attached hydrogens (tertiary/aromatic N) is 1. The topological polar surface area (TPSA) is 104 Å². The third-order valence-electron chi connectivity index (χ3n) is 5.23. The first-order valence-electron chi connectivity index (χ1n) is 10.1. The van der Waals surface area contributed by atoms with E-state index >= 15 is 0 Å². The van der Waals surface area contributed by atoms with E-state index in [9.17, 15) is 14.4 Å². The Morgan fingerprint density at radius 3 is 2.84 bits per heavy atom. The predicted octanol–water partition coefficient (Wildman–Crippen LogP) is 3.75. The average Bonchev–Trinajstić information content (AvgIpc) is 3.50. The molecule has 4 rings (SSSR count). The van der Waals surface area contributed by atoms with Gasteiger partial charge >= 0.3 is 0 Å². The van der Waals surface area contributed by atoms with Crippen LogP contribution in [0.15, 0.2) is 29.1 Å². The summed E-state index contributed by atoms with van der Waals surface area (Å²) in [5.41, 5.74) is 1.94. The summed E-state index contributed by atoms with van der Waals surface area (Å²) in [6, 6.07) is 7.21. The van der Waals surface area contributed by atoms with Crippen LogP contribution >= 0.6 is 23.1 Å². The molecule has 0 aliphatic heterocycles. The van der Waals surface area contributed by atoms with E-state index in [2.05, 4.69) is 20.6 Å². The van der Waals surface area contributed by atoms with Crippen LogP contribution in [0.4, 0.5) is 5.69 Å². The molecule has 0 bridgehead atoms. The van der Waals surface area contributed by atoms with Crippen LogP contribution in [0.5, 0.6) is 0 Å². The minimum absolute atomic E-state index is 0.120. The van der Waals surface area contributed by atoms with Gasteiger partial charge in [0.05, 0.1) is 16.4 Å². The van der Waals surface area contributed by atoms with Gasteiger partial charge in [0.1, 0.15) is 10.7 Å². The van der Waals surface area contributed by atoms with Crippen LogP contribution in [0, 0.1) is 13.8 Å². The number of thiophene rings is 1. The zero-order valence-corrected chi connectivity index (χ0v) is 19.2. The van der Waals surface area contributed by atoms with Crippen LogP contribution in [-0.4, -0.2) is 33.1 Å². The van der Waals surface area contributed by atoms with Crippen molar-refractivity contribution in [2.75, 3.05) is 5.32 Å². The van der Waals surface area contributed by atoms with Gasteiger partial charge < -0.3 is 15.6 Å². The van der Waals surface area contributed by atoms with Crippen molar-refractivity contribution < 1.29 is 9.59 Å². The zero-order chi connectivity index (χ0) is 22.1. The number of amides is 2. The van der Waals surface area contributed by atoms with E-state index in [1.54, 1.807) is 31.2 Å². The van der Waals surface area contributed by atoms with E-state index in [1.807, 2.05) is 13.8 Å². The van der Waals surface area contributed by atoms with Gasteiger partial charge in [-0.05, 0) is 57.4 Å². The Kier molecular flexibility index (Phi) is 6.15. The molecule has 1 aromatic carbocycles. The molecule has 3 N–H and O–H groups in total. The molecule has 0 unspecified atom stereocenters. The second-order valence-corrected chi connectivity index (χ2v) is 10.3. The van der Waals surface area contributed by atoms with Crippen molar-refractivity contribution >= 4 is 50.8 Å². The molecule has 0 spiro atoms. The van der Waals surface area contributed by atoms with Gasteiger partial charge in [0, 0.05) is 22.2 Å². The van der Waals surface area contributed by atoms with Crippen molar-refractivity contribution in [2.45, 2.75) is 50.7 Å². The summed E-state index contributed by atoms with van der Waals surface area (Å²) < 4.78 is 0. The molecule has 3 aromatic rings. The lowest BCUT2D eigenvalue weighted by atomic mass is 10.2. The molecule has 2 aromatic heterocycles. The molecule has 1 atom stereocenters. The molecule has 1 aliphatic rings. The molecule has 7 nitrogen and oxygen atoms in total. The number of thioether (sulfide) groups is 1. The van der Waals surface area contributed by atoms with Gasteiger partial charge in [-0.25, -0.2) is 4.98 Å². The fourth-order valence-corrected chi connectivity index (χ4v) is 4.93. The van der Waals surface area contributed by atoms with Crippen molar-refractivity contribution in [1.29, 1.82) is 0 Å². The van der Waals surface area contributed by atoms with Crippen LogP contribution < -0.4 is 16.2 Å². The maximum Gasteiger partial charge on any atom is 0.259 e. The van der Waals surface area contributed by atoms with Gasteiger partial charge in [-0.2, -0.15) is 0 Å². The van der Waals surface area contributed by atoms with Gasteiger partial charge in [-0.15, -0.1) is 23.1 Å². The molecule has 0 radical (unpaired) electrons. The van der Waals surface area contributed by atoms with Crippen molar-refractivity contribution in [3.63, 3.8) is 0 Å². The van der Waals surface area contributed by atoms with E-state index in [4.69, 9.17) is 0 Å². The molecule has 1 fully saturated rings. The zero-order valence-electron chi connectivity index (χ0n) is 17.6. The number of carbonyl (C=O) groups is 2. The number of aromatic nitrogens is 2. The quantitative estimate of drug-likeness (QED) is 0.502. The van der Waals surface area contributed by atoms with Crippen molar-refractivity contribution in [3.8, 4) is 0 Å². The molecule has 9 heteroatoms. The average molecular weight is 457 g/mol. The lowest BCUT2D eigenvalue weighted by molar-refractivity contribution is -0.115. The summed E-state index contributed by atoms with van der Waals surface area (Å²) in [5, 5.41) is 6.09. The Bertz CT molecular complexity index is 1210. The van der Waals surface area contributed by atoms with Crippen molar-refractivity contribution in [1.82, 2.24) is 15.3 Å². The molecule has 162 valence electrons. The summed E-state index contributed by atoms with van der Waals surface area (Å²) in [7, 11) is 0. The number of H-pyrrole nitrogens is 1. The smallest absolute Gasteiger partial charge is 0.259 e. The highest BCUT2D eigenvalue weighted by atomic mass is 32.2. The number of benzene rings is 1. The van der Waals surface area contributed by atoms with E-state index in [-0.39, 0.29) is 28.7 Å². The third kappa shape index (κ3) is 4.99. The minimum Gasteiger partial charge on any atom is -0.349 e. The number of nitrogens with one attached hydrogen (secondary N) is 3. The van der Waals surface area contributed by atoms with Gasteiger partial charge in [0.2, 0.25) is 5.91 Å². The SMILES string of the molecule is Cc1sc2nc(CS[C@@H](C)C(=O)Nc3cccc(C(=O)NC4CC4)c3)[nH]c(=O)c2c1C. The number of aryl methyl sites for hydroxylation is 2. The second-order valence-electron chi connectivity index (χ2n) is 7.75. The maximum atomic E-state index is 12.6. The Labute approximate surface area is 188 Å². The molecule has 2 heterocycles. The standard InChI is InChI=1S/C22H24N4O3S2/c1-11-12(2)31-22-18(11)21(29)25-17(26-22)10-30-13(3)19(27)24-16-6-4-5-14(9-16)20(28)23-15-7-8-15/h4-6,9,13,15H,7-8,10H2,1-3H3,(H,23,28)(H,24,27)(H,25,26,29)/t13-/m0/s1. The molecule has 31 heavy (non-hydrogen) atoms. The number of anilines is 1. The monoisotopic (exact) mass is 456 g/mol. The number of aromatic amines is 1. The summed E-state index contributed by atoms with van der Waals surface area (Å²) in [6.07, 6.45) is 2.05. The molecule has 1 saturated carbocycles. The summed E-state index contributed by atoms with van der Waals surface area (Å²) in [5.74, 6) is 0.684. The van der Waals surface area contributed by atoms with Gasteiger partial charge in [-0.3, -0.25) is 14.4 Å². The third-order valence-corrected chi connectivity index (χ3v) is 7.49.